The Labute approximate surface area is 190 Å². The lowest BCUT2D eigenvalue weighted by molar-refractivity contribution is 0.152. The van der Waals surface area contributed by atoms with Crippen LogP contribution in [0.4, 0.5) is 11.5 Å². The second kappa shape index (κ2) is 9.04. The van der Waals surface area contributed by atoms with E-state index in [2.05, 4.69) is 24.9 Å². The quantitative estimate of drug-likeness (QED) is 0.384. The average molecular weight is 467 g/mol. The number of aromatic amines is 1. The number of aromatic nitrogens is 4. The Morgan fingerprint density at radius 2 is 1.91 bits per heavy atom. The standard InChI is InChI=1S/C22H22N6O4S/c29-20-13-21(27-9-2-11-32-12-10-27)23-22-17(3-1-4-18(20)22)19-14-28(26-24-19)16-7-5-15(6-8-16)25-33(30)31/h1,3-8,13-14,33H,2,9-12H2,(H,23,29)(H,25,30,31). The van der Waals surface area contributed by atoms with E-state index in [4.69, 9.17) is 4.74 Å². The lowest BCUT2D eigenvalue weighted by Crippen LogP contribution is -2.28. The number of hydrogen-bond donors (Lipinski definition) is 3. The second-order valence-electron chi connectivity index (χ2n) is 7.66. The summed E-state index contributed by atoms with van der Waals surface area (Å²) < 4.78 is 31.1. The van der Waals surface area contributed by atoms with Crippen LogP contribution in [0.15, 0.2) is 59.5 Å². The maximum Gasteiger partial charge on any atom is 0.222 e. The van der Waals surface area contributed by atoms with Crippen LogP contribution in [0.1, 0.15) is 6.42 Å². The summed E-state index contributed by atoms with van der Waals surface area (Å²) in [4.78, 5) is 18.4. The molecule has 2 aromatic carbocycles. The van der Waals surface area contributed by atoms with Gasteiger partial charge in [0.2, 0.25) is 10.9 Å². The summed E-state index contributed by atoms with van der Waals surface area (Å²) in [5, 5.41) is 9.11. The third-order valence-corrected chi connectivity index (χ3v) is 5.98. The molecule has 1 fully saturated rings. The molecule has 5 rings (SSSR count). The minimum absolute atomic E-state index is 0.0575. The highest BCUT2D eigenvalue weighted by Gasteiger charge is 2.16. The summed E-state index contributed by atoms with van der Waals surface area (Å²) in [6, 6.07) is 13.9. The summed E-state index contributed by atoms with van der Waals surface area (Å²) in [7, 11) is -2.72. The van der Waals surface area contributed by atoms with Crippen LogP contribution < -0.4 is 15.1 Å². The maximum atomic E-state index is 12.9. The molecule has 11 heteroatoms. The number of rotatable bonds is 5. The molecule has 0 unspecified atom stereocenters. The highest BCUT2D eigenvalue weighted by Crippen LogP contribution is 2.27. The highest BCUT2D eigenvalue weighted by molar-refractivity contribution is 7.73. The molecule has 0 bridgehead atoms. The smallest absolute Gasteiger partial charge is 0.222 e. The van der Waals surface area contributed by atoms with Gasteiger partial charge in [0.1, 0.15) is 11.5 Å². The number of anilines is 2. The monoisotopic (exact) mass is 466 g/mol. The minimum Gasteiger partial charge on any atom is -0.380 e. The molecule has 0 radical (unpaired) electrons. The Kier molecular flexibility index (Phi) is 5.80. The molecule has 0 aliphatic carbocycles. The molecule has 0 saturated carbocycles. The molecule has 2 N–H and O–H groups in total. The van der Waals surface area contributed by atoms with E-state index in [-0.39, 0.29) is 5.43 Å². The zero-order valence-corrected chi connectivity index (χ0v) is 18.5. The molecule has 33 heavy (non-hydrogen) atoms. The summed E-state index contributed by atoms with van der Waals surface area (Å²) >= 11 is 0. The van der Waals surface area contributed by atoms with Gasteiger partial charge in [0, 0.05) is 42.4 Å². The van der Waals surface area contributed by atoms with Crippen LogP contribution in [0.5, 0.6) is 0 Å². The second-order valence-corrected chi connectivity index (χ2v) is 8.40. The van der Waals surface area contributed by atoms with Crippen molar-refractivity contribution in [1.29, 1.82) is 0 Å². The van der Waals surface area contributed by atoms with Gasteiger partial charge in [-0.3, -0.25) is 9.52 Å². The fraction of sp³-hybridized carbons (Fsp3) is 0.227. The van der Waals surface area contributed by atoms with Gasteiger partial charge in [-0.05, 0) is 36.8 Å². The molecule has 4 aromatic rings. The van der Waals surface area contributed by atoms with Crippen LogP contribution in [-0.4, -0.2) is 54.7 Å². The molecule has 3 heterocycles. The van der Waals surface area contributed by atoms with E-state index in [9.17, 15) is 13.2 Å². The predicted octanol–water partition coefficient (Wildman–Crippen LogP) is 1.94. The third kappa shape index (κ3) is 4.45. The van der Waals surface area contributed by atoms with E-state index in [0.29, 0.717) is 35.4 Å². The van der Waals surface area contributed by atoms with Gasteiger partial charge >= 0.3 is 0 Å². The van der Waals surface area contributed by atoms with Crippen molar-refractivity contribution < 1.29 is 13.2 Å². The normalized spacial score (nSPS) is 14.5. The van der Waals surface area contributed by atoms with Crippen molar-refractivity contribution in [2.75, 3.05) is 35.9 Å². The van der Waals surface area contributed by atoms with E-state index in [1.165, 1.54) is 0 Å². The number of thiol groups is 1. The van der Waals surface area contributed by atoms with Crippen LogP contribution in [0, 0.1) is 0 Å². The number of H-pyrrole nitrogens is 1. The van der Waals surface area contributed by atoms with Crippen molar-refractivity contribution >= 4 is 33.3 Å². The van der Waals surface area contributed by atoms with Crippen molar-refractivity contribution in [3.05, 3.63) is 65.0 Å². The van der Waals surface area contributed by atoms with Crippen molar-refractivity contribution in [3.63, 3.8) is 0 Å². The van der Waals surface area contributed by atoms with Crippen LogP contribution in [0.25, 0.3) is 27.8 Å². The van der Waals surface area contributed by atoms with Crippen molar-refractivity contribution in [1.82, 2.24) is 20.0 Å². The SMILES string of the molecule is O=c1cc(N2CCCOCC2)[nH]c2c(-c3cn(-c4ccc(N[SH](=O)=O)cc4)nn3)cccc12. The van der Waals surface area contributed by atoms with Gasteiger partial charge in [0.15, 0.2) is 5.43 Å². The minimum atomic E-state index is -2.72. The first-order valence-corrected chi connectivity index (χ1v) is 11.7. The van der Waals surface area contributed by atoms with Crippen LogP contribution in [0.3, 0.4) is 0 Å². The number of pyridine rings is 1. The molecule has 0 spiro atoms. The van der Waals surface area contributed by atoms with Crippen molar-refractivity contribution in [2.45, 2.75) is 6.42 Å². The average Bonchev–Trinajstić information content (AvgIpc) is 3.13. The number of benzene rings is 2. The van der Waals surface area contributed by atoms with E-state index in [0.717, 1.165) is 36.6 Å². The highest BCUT2D eigenvalue weighted by atomic mass is 32.2. The molecular weight excluding hydrogens is 444 g/mol. The van der Waals surface area contributed by atoms with Gasteiger partial charge < -0.3 is 14.6 Å². The molecule has 1 saturated heterocycles. The first-order valence-electron chi connectivity index (χ1n) is 10.5. The Hall–Kier alpha value is -3.70. The van der Waals surface area contributed by atoms with E-state index in [1.807, 2.05) is 12.1 Å². The zero-order valence-electron chi connectivity index (χ0n) is 17.6. The predicted molar refractivity (Wildman–Crippen MR) is 127 cm³/mol. The fourth-order valence-electron chi connectivity index (χ4n) is 3.94. The fourth-order valence-corrected chi connectivity index (χ4v) is 4.30. The molecule has 170 valence electrons. The van der Waals surface area contributed by atoms with Crippen LogP contribution >= 0.6 is 0 Å². The topological polar surface area (TPSA) is 122 Å². The zero-order chi connectivity index (χ0) is 22.8. The van der Waals surface area contributed by atoms with E-state index < -0.39 is 10.9 Å². The number of para-hydroxylation sites is 1. The van der Waals surface area contributed by atoms with Crippen molar-refractivity contribution in [3.8, 4) is 16.9 Å². The van der Waals surface area contributed by atoms with Gasteiger partial charge in [-0.15, -0.1) is 5.10 Å². The van der Waals surface area contributed by atoms with Crippen LogP contribution in [-0.2, 0) is 15.6 Å². The summed E-state index contributed by atoms with van der Waals surface area (Å²) in [5.74, 6) is 0.762. The summed E-state index contributed by atoms with van der Waals surface area (Å²) in [5.41, 5.74) is 3.21. The van der Waals surface area contributed by atoms with Gasteiger partial charge in [-0.2, -0.15) is 0 Å². The van der Waals surface area contributed by atoms with Crippen LogP contribution in [0.2, 0.25) is 0 Å². The Morgan fingerprint density at radius 3 is 2.73 bits per heavy atom. The largest absolute Gasteiger partial charge is 0.380 e. The molecular formula is C22H22N6O4S. The van der Waals surface area contributed by atoms with E-state index in [1.54, 1.807) is 47.3 Å². The Morgan fingerprint density at radius 1 is 1.06 bits per heavy atom. The molecule has 1 aliphatic rings. The Balaban J connectivity index is 1.52. The lowest BCUT2D eigenvalue weighted by atomic mass is 10.1. The lowest BCUT2D eigenvalue weighted by Gasteiger charge is -2.22. The summed E-state index contributed by atoms with van der Waals surface area (Å²) in [6.45, 7) is 2.86. The van der Waals surface area contributed by atoms with E-state index >= 15 is 0 Å². The number of fused-ring (bicyclic) bond motifs is 1. The van der Waals surface area contributed by atoms with Gasteiger partial charge in [0.05, 0.1) is 24.0 Å². The van der Waals surface area contributed by atoms with Gasteiger partial charge in [0.25, 0.3) is 0 Å². The Bertz CT molecular complexity index is 1410. The maximum absolute atomic E-state index is 12.9. The molecule has 2 aromatic heterocycles. The first kappa shape index (κ1) is 21.2. The third-order valence-electron chi connectivity index (χ3n) is 5.54. The van der Waals surface area contributed by atoms with Crippen molar-refractivity contribution in [2.24, 2.45) is 0 Å². The molecule has 1 aliphatic heterocycles. The molecule has 0 atom stereocenters. The number of hydrogen-bond acceptors (Lipinski definition) is 7. The summed E-state index contributed by atoms with van der Waals surface area (Å²) in [6.07, 6.45) is 2.67. The number of ether oxygens (including phenoxy) is 1. The number of nitrogens with one attached hydrogen (secondary N) is 2. The first-order chi connectivity index (χ1) is 16.1. The molecule has 0 amide bonds. The van der Waals surface area contributed by atoms with Gasteiger partial charge in [-0.25, -0.2) is 13.1 Å². The molecule has 10 nitrogen and oxygen atoms in total. The van der Waals surface area contributed by atoms with Gasteiger partial charge in [-0.1, -0.05) is 17.3 Å². The number of nitrogens with zero attached hydrogens (tertiary/aromatic N) is 4.